The fraction of sp³-hybridized carbons (Fsp3) is 0.417. The summed E-state index contributed by atoms with van der Waals surface area (Å²) >= 11 is 0. The van der Waals surface area contributed by atoms with Crippen LogP contribution in [0, 0.1) is 23.7 Å². The number of nitrogens with zero attached hydrogens (tertiary/aromatic N) is 7. The fourth-order valence-corrected chi connectivity index (χ4v) is 4.41. The highest BCUT2D eigenvalue weighted by Crippen LogP contribution is 2.23. The third-order valence-corrected chi connectivity index (χ3v) is 6.07. The van der Waals surface area contributed by atoms with Gasteiger partial charge in [0.25, 0.3) is 5.56 Å². The molecule has 12 nitrogen and oxygen atoms in total. The van der Waals surface area contributed by atoms with Gasteiger partial charge < -0.3 is 19.9 Å². The van der Waals surface area contributed by atoms with E-state index in [1.165, 1.54) is 6.20 Å². The van der Waals surface area contributed by atoms with Gasteiger partial charge in [0.05, 0.1) is 17.8 Å². The van der Waals surface area contributed by atoms with Crippen LogP contribution in [0.3, 0.4) is 0 Å². The van der Waals surface area contributed by atoms with Gasteiger partial charge in [-0.25, -0.2) is 4.79 Å². The highest BCUT2D eigenvalue weighted by Gasteiger charge is 2.27. The van der Waals surface area contributed by atoms with Gasteiger partial charge in [0.15, 0.2) is 17.8 Å². The highest BCUT2D eigenvalue weighted by atomic mass is 16.5. The van der Waals surface area contributed by atoms with E-state index >= 15 is 0 Å². The second-order valence-corrected chi connectivity index (χ2v) is 8.41. The number of esters is 1. The molecular weight excluding hydrogens is 464 g/mol. The lowest BCUT2D eigenvalue weighted by molar-refractivity contribution is -0.142. The summed E-state index contributed by atoms with van der Waals surface area (Å²) < 4.78 is 8.76. The first-order chi connectivity index (χ1) is 17.4. The molecule has 0 radical (unpaired) electrons. The quantitative estimate of drug-likeness (QED) is 0.350. The highest BCUT2D eigenvalue weighted by molar-refractivity contribution is 5.77. The molecule has 0 bridgehead atoms. The summed E-state index contributed by atoms with van der Waals surface area (Å²) in [6, 6.07) is 5.12. The molecular formula is C24H26N8O4. The van der Waals surface area contributed by atoms with Crippen molar-refractivity contribution in [3.63, 3.8) is 0 Å². The lowest BCUT2D eigenvalue weighted by atomic mass is 10.1. The number of anilines is 1. The molecule has 0 amide bonds. The minimum absolute atomic E-state index is 0.0463. The first kappa shape index (κ1) is 24.7. The van der Waals surface area contributed by atoms with E-state index in [-0.39, 0.29) is 41.6 Å². The van der Waals surface area contributed by atoms with Gasteiger partial charge in [-0.15, -0.1) is 6.42 Å². The van der Waals surface area contributed by atoms with Crippen molar-refractivity contribution in [1.82, 2.24) is 23.7 Å². The van der Waals surface area contributed by atoms with E-state index in [1.54, 1.807) is 16.7 Å². The molecule has 0 saturated carbocycles. The summed E-state index contributed by atoms with van der Waals surface area (Å²) in [6.07, 6.45) is 8.40. The maximum atomic E-state index is 13.7. The first-order valence-electron chi connectivity index (χ1n) is 11.6. The minimum atomic E-state index is -0.776. The summed E-state index contributed by atoms with van der Waals surface area (Å²) in [6.45, 7) is 2.49. The van der Waals surface area contributed by atoms with E-state index < -0.39 is 23.8 Å². The zero-order valence-corrected chi connectivity index (χ0v) is 19.9. The average molecular weight is 491 g/mol. The third-order valence-electron chi connectivity index (χ3n) is 6.07. The van der Waals surface area contributed by atoms with E-state index in [4.69, 9.17) is 16.9 Å². The number of piperidine rings is 1. The number of aryl methyl sites for hydroxylation is 1. The Bertz CT molecular complexity index is 1500. The molecule has 1 aliphatic heterocycles. The van der Waals surface area contributed by atoms with E-state index in [0.29, 0.717) is 25.6 Å². The van der Waals surface area contributed by atoms with Crippen molar-refractivity contribution in [3.05, 3.63) is 50.4 Å². The molecule has 0 spiro atoms. The van der Waals surface area contributed by atoms with E-state index in [9.17, 15) is 19.6 Å². The molecule has 36 heavy (non-hydrogen) atoms. The molecule has 186 valence electrons. The number of imidazole rings is 1. The Kier molecular flexibility index (Phi) is 7.17. The largest absolute Gasteiger partial charge is 0.451 e. The Balaban J connectivity index is 1.95. The van der Waals surface area contributed by atoms with Crippen LogP contribution in [0.15, 0.2) is 27.9 Å². The summed E-state index contributed by atoms with van der Waals surface area (Å²) in [5.41, 5.74) is 5.51. The van der Waals surface area contributed by atoms with Crippen LogP contribution in [0.1, 0.15) is 31.0 Å². The van der Waals surface area contributed by atoms with Crippen LogP contribution in [-0.4, -0.2) is 55.4 Å². The van der Waals surface area contributed by atoms with Crippen LogP contribution in [0.2, 0.25) is 0 Å². The number of pyridine rings is 1. The van der Waals surface area contributed by atoms with Crippen LogP contribution >= 0.6 is 0 Å². The number of ether oxygens (including phenoxy) is 1. The Labute approximate surface area is 206 Å². The second-order valence-electron chi connectivity index (χ2n) is 8.41. The van der Waals surface area contributed by atoms with Crippen LogP contribution in [0.25, 0.3) is 11.2 Å². The minimum Gasteiger partial charge on any atom is -0.451 e. The maximum absolute atomic E-state index is 13.7. The Morgan fingerprint density at radius 1 is 1.33 bits per heavy atom. The SMILES string of the molecule is C#CCOC(=O)Cn1c(=O)n(Cc2ncccc2C#N)c(=O)c2c1nc(N1CCCC(N)C1)n2CC. The number of aromatic nitrogens is 5. The molecule has 0 aromatic carbocycles. The van der Waals surface area contributed by atoms with E-state index in [1.807, 2.05) is 17.9 Å². The summed E-state index contributed by atoms with van der Waals surface area (Å²) in [5.74, 6) is 1.96. The number of hydrogen-bond acceptors (Lipinski definition) is 9. The zero-order chi connectivity index (χ0) is 25.8. The van der Waals surface area contributed by atoms with Gasteiger partial charge >= 0.3 is 11.7 Å². The third kappa shape index (κ3) is 4.59. The van der Waals surface area contributed by atoms with E-state index in [0.717, 1.165) is 22.0 Å². The van der Waals surface area contributed by atoms with Gasteiger partial charge in [0, 0.05) is 31.9 Å². The molecule has 4 rings (SSSR count). The van der Waals surface area contributed by atoms with Crippen molar-refractivity contribution in [1.29, 1.82) is 5.26 Å². The van der Waals surface area contributed by atoms with Crippen molar-refractivity contribution in [2.75, 3.05) is 24.6 Å². The predicted molar refractivity (Wildman–Crippen MR) is 131 cm³/mol. The van der Waals surface area contributed by atoms with Gasteiger partial charge in [0.1, 0.15) is 12.6 Å². The lowest BCUT2D eigenvalue weighted by Gasteiger charge is -2.31. The standard InChI is InChI=1S/C24H26N8O4/c1-3-11-36-19(33)15-31-21-20(30(4-2)23(28-21)29-10-6-8-17(26)13-29)22(34)32(24(31)35)14-18-16(12-25)7-5-9-27-18/h1,5,7,9,17H,4,6,8,10-11,13-15,26H2,2H3. The smallest absolute Gasteiger partial charge is 0.333 e. The van der Waals surface area contributed by atoms with Crippen molar-refractivity contribution in [2.24, 2.45) is 5.73 Å². The average Bonchev–Trinajstić information content (AvgIpc) is 3.28. The molecule has 1 saturated heterocycles. The molecule has 4 heterocycles. The Morgan fingerprint density at radius 3 is 2.83 bits per heavy atom. The van der Waals surface area contributed by atoms with Gasteiger partial charge in [-0.05, 0) is 31.9 Å². The molecule has 3 aromatic rings. The number of nitrogens with two attached hydrogens (primary N) is 1. The van der Waals surface area contributed by atoms with E-state index in [2.05, 4.69) is 15.9 Å². The molecule has 1 fully saturated rings. The van der Waals surface area contributed by atoms with Gasteiger partial charge in [-0.1, -0.05) is 5.92 Å². The summed E-state index contributed by atoms with van der Waals surface area (Å²) in [4.78, 5) is 50.5. The summed E-state index contributed by atoms with van der Waals surface area (Å²) in [7, 11) is 0. The van der Waals surface area contributed by atoms with Gasteiger partial charge in [-0.3, -0.25) is 23.7 Å². The van der Waals surface area contributed by atoms with Crippen molar-refractivity contribution >= 4 is 23.1 Å². The summed E-state index contributed by atoms with van der Waals surface area (Å²) in [5, 5.41) is 9.45. The fourth-order valence-electron chi connectivity index (χ4n) is 4.41. The van der Waals surface area contributed by atoms with Crippen LogP contribution < -0.4 is 21.9 Å². The van der Waals surface area contributed by atoms with Gasteiger partial charge in [-0.2, -0.15) is 10.2 Å². The normalized spacial score (nSPS) is 15.4. The maximum Gasteiger partial charge on any atom is 0.333 e. The van der Waals surface area contributed by atoms with Crippen molar-refractivity contribution in [3.8, 4) is 18.4 Å². The number of rotatable bonds is 7. The molecule has 12 heteroatoms. The topological polar surface area (TPSA) is 154 Å². The first-order valence-corrected chi connectivity index (χ1v) is 11.6. The number of carbonyl (C=O) groups is 1. The number of nitriles is 1. The van der Waals surface area contributed by atoms with Gasteiger partial charge in [0.2, 0.25) is 5.95 Å². The number of carbonyl (C=O) groups excluding carboxylic acids is 1. The van der Waals surface area contributed by atoms with Crippen LogP contribution in [-0.2, 0) is 29.2 Å². The Morgan fingerprint density at radius 2 is 2.14 bits per heavy atom. The predicted octanol–water partition coefficient (Wildman–Crippen LogP) is -0.202. The van der Waals surface area contributed by atoms with Crippen LogP contribution in [0.4, 0.5) is 5.95 Å². The van der Waals surface area contributed by atoms with Crippen molar-refractivity contribution < 1.29 is 9.53 Å². The zero-order valence-electron chi connectivity index (χ0n) is 19.9. The Hall–Kier alpha value is -4.42. The molecule has 2 N–H and O–H groups in total. The molecule has 0 aliphatic carbocycles. The molecule has 1 unspecified atom stereocenters. The number of terminal acetylenes is 1. The molecule has 3 aromatic heterocycles. The molecule has 1 aliphatic rings. The van der Waals surface area contributed by atoms with Crippen molar-refractivity contribution in [2.45, 2.75) is 45.4 Å². The lowest BCUT2D eigenvalue weighted by Crippen LogP contribution is -2.44. The second kappa shape index (κ2) is 10.5. The number of fused-ring (bicyclic) bond motifs is 1. The van der Waals surface area contributed by atoms with Crippen LogP contribution in [0.5, 0.6) is 0 Å². The molecule has 1 atom stereocenters. The number of hydrogen-bond donors (Lipinski definition) is 1. The monoisotopic (exact) mass is 490 g/mol.